The molecule has 1 atom stereocenters. The lowest BCUT2D eigenvalue weighted by Crippen LogP contribution is -2.32. The van der Waals surface area contributed by atoms with E-state index in [4.69, 9.17) is 10.5 Å². The highest BCUT2D eigenvalue weighted by molar-refractivity contribution is 5.88. The molecule has 1 aliphatic rings. The molecule has 4 rings (SSSR count). The molecular weight excluding hydrogens is 392 g/mol. The molecule has 1 heterocycles. The van der Waals surface area contributed by atoms with E-state index in [9.17, 15) is 9.90 Å². The first-order valence-corrected chi connectivity index (χ1v) is 10.2. The summed E-state index contributed by atoms with van der Waals surface area (Å²) in [6.07, 6.45) is 1.54. The summed E-state index contributed by atoms with van der Waals surface area (Å²) in [6, 6.07) is 17.2. The van der Waals surface area contributed by atoms with Crippen LogP contribution in [-0.4, -0.2) is 34.1 Å². The minimum Gasteiger partial charge on any atom is -0.480 e. The first kappa shape index (κ1) is 22.4. The van der Waals surface area contributed by atoms with E-state index < -0.39 is 6.03 Å². The van der Waals surface area contributed by atoms with Gasteiger partial charge in [0.15, 0.2) is 0 Å². The molecule has 2 aromatic carbocycles. The highest BCUT2D eigenvalue weighted by Gasteiger charge is 2.31. The van der Waals surface area contributed by atoms with Crippen molar-refractivity contribution < 1.29 is 14.6 Å². The van der Waals surface area contributed by atoms with Gasteiger partial charge in [-0.1, -0.05) is 56.3 Å². The van der Waals surface area contributed by atoms with Gasteiger partial charge in [0.05, 0.1) is 24.5 Å². The molecule has 0 aliphatic heterocycles. The van der Waals surface area contributed by atoms with Crippen molar-refractivity contribution in [2.45, 2.75) is 45.1 Å². The Balaban J connectivity index is 0.000000185. The van der Waals surface area contributed by atoms with Gasteiger partial charge in [-0.05, 0) is 48.4 Å². The predicted octanol–water partition coefficient (Wildman–Crippen LogP) is 3.95. The number of nitrogens with two attached hydrogens (primary N) is 1. The van der Waals surface area contributed by atoms with Crippen molar-refractivity contribution in [3.05, 3.63) is 71.3 Å². The fraction of sp³-hybridized carbons (Fsp3) is 0.333. The lowest BCUT2D eigenvalue weighted by Gasteiger charge is -2.35. The van der Waals surface area contributed by atoms with E-state index in [1.807, 2.05) is 36.4 Å². The molecule has 1 aliphatic carbocycles. The highest BCUT2D eigenvalue weighted by atomic mass is 16.5. The third-order valence-electron chi connectivity index (χ3n) is 5.46. The summed E-state index contributed by atoms with van der Waals surface area (Å²) in [5, 5.41) is 16.5. The number of anilines is 1. The zero-order chi connectivity index (χ0) is 22.6. The highest BCUT2D eigenvalue weighted by Crippen LogP contribution is 2.36. The second-order valence-corrected chi connectivity index (χ2v) is 8.32. The summed E-state index contributed by atoms with van der Waals surface area (Å²) < 4.78 is 6.73. The van der Waals surface area contributed by atoms with Gasteiger partial charge in [-0.3, -0.25) is 5.32 Å². The molecule has 0 radical (unpaired) electrons. The molecule has 7 heteroatoms. The maximum Gasteiger partial charge on any atom is 0.317 e. The smallest absolute Gasteiger partial charge is 0.317 e. The van der Waals surface area contributed by atoms with E-state index in [1.165, 1.54) is 18.2 Å². The lowest BCUT2D eigenvalue weighted by molar-refractivity contribution is 0.128. The van der Waals surface area contributed by atoms with Gasteiger partial charge in [0.25, 0.3) is 0 Å². The molecule has 0 saturated heterocycles. The number of carbonyl (C=O) groups excluding carboxylic acids is 1. The van der Waals surface area contributed by atoms with Gasteiger partial charge in [-0.2, -0.15) is 0 Å². The van der Waals surface area contributed by atoms with Crippen molar-refractivity contribution in [1.82, 2.24) is 9.78 Å². The number of ether oxygens (including phenoxy) is 1. The van der Waals surface area contributed by atoms with Crippen molar-refractivity contribution in [1.29, 1.82) is 0 Å². The average Bonchev–Trinajstić information content (AvgIpc) is 3.03. The second kappa shape index (κ2) is 9.22. The number of hydrogen-bond donors (Lipinski definition) is 3. The van der Waals surface area contributed by atoms with Crippen LogP contribution in [0.3, 0.4) is 0 Å². The van der Waals surface area contributed by atoms with Crippen LogP contribution < -0.4 is 15.8 Å². The summed E-state index contributed by atoms with van der Waals surface area (Å²) in [4.78, 5) is 11.0. The van der Waals surface area contributed by atoms with Crippen LogP contribution in [0.1, 0.15) is 37.0 Å². The normalized spacial score (nSPS) is 16.5. The quantitative estimate of drug-likeness (QED) is 0.595. The zero-order valence-electron chi connectivity index (χ0n) is 18.4. The lowest BCUT2D eigenvalue weighted by atomic mass is 9.72. The average molecular weight is 423 g/mol. The summed E-state index contributed by atoms with van der Waals surface area (Å²) >= 11 is 0. The van der Waals surface area contributed by atoms with Gasteiger partial charge in [0, 0.05) is 0 Å². The van der Waals surface area contributed by atoms with E-state index in [1.54, 1.807) is 11.6 Å². The maximum absolute atomic E-state index is 11.0. The summed E-state index contributed by atoms with van der Waals surface area (Å²) in [5.74, 6) is 0.952. The van der Waals surface area contributed by atoms with E-state index in [-0.39, 0.29) is 11.5 Å². The first-order valence-electron chi connectivity index (χ1n) is 10.2. The van der Waals surface area contributed by atoms with Crippen LogP contribution in [0, 0.1) is 6.92 Å². The van der Waals surface area contributed by atoms with Crippen molar-refractivity contribution in [3.63, 3.8) is 0 Å². The molecule has 3 aromatic rings. The van der Waals surface area contributed by atoms with Crippen molar-refractivity contribution in [3.8, 4) is 11.6 Å². The van der Waals surface area contributed by atoms with Crippen molar-refractivity contribution in [2.24, 2.45) is 5.73 Å². The fourth-order valence-corrected chi connectivity index (χ4v) is 4.07. The zero-order valence-corrected chi connectivity index (χ0v) is 18.4. The molecule has 0 bridgehead atoms. The van der Waals surface area contributed by atoms with E-state index in [2.05, 4.69) is 42.5 Å². The molecule has 2 amide bonds. The number of primary amides is 1. The molecule has 164 valence electrons. The van der Waals surface area contributed by atoms with Crippen LogP contribution >= 0.6 is 0 Å². The number of para-hydroxylation sites is 1. The SMILES string of the molecule is CC1(C)CC(O)Cc2ccccc21.COc1nn(-c2ccccc2)c(NC(N)=O)c1C. The number of methoxy groups -OCH3 is 1. The topological polar surface area (TPSA) is 102 Å². The summed E-state index contributed by atoms with van der Waals surface area (Å²) in [5.41, 5.74) is 9.54. The number of urea groups is 1. The third-order valence-corrected chi connectivity index (χ3v) is 5.46. The van der Waals surface area contributed by atoms with Crippen LogP contribution in [-0.2, 0) is 11.8 Å². The van der Waals surface area contributed by atoms with Crippen LogP contribution in [0.15, 0.2) is 54.6 Å². The van der Waals surface area contributed by atoms with Crippen LogP contribution in [0.25, 0.3) is 5.69 Å². The van der Waals surface area contributed by atoms with Gasteiger partial charge in [-0.15, -0.1) is 5.10 Å². The Morgan fingerprint density at radius 1 is 1.19 bits per heavy atom. The van der Waals surface area contributed by atoms with Gasteiger partial charge in [0.1, 0.15) is 5.82 Å². The maximum atomic E-state index is 11.0. The predicted molar refractivity (Wildman–Crippen MR) is 122 cm³/mol. The van der Waals surface area contributed by atoms with E-state index >= 15 is 0 Å². The van der Waals surface area contributed by atoms with Crippen LogP contribution in [0.5, 0.6) is 5.88 Å². The molecule has 0 spiro atoms. The Kier molecular flexibility index (Phi) is 6.65. The molecule has 7 nitrogen and oxygen atoms in total. The number of aromatic nitrogens is 2. The summed E-state index contributed by atoms with van der Waals surface area (Å²) in [7, 11) is 1.53. The Morgan fingerprint density at radius 2 is 1.84 bits per heavy atom. The molecule has 1 unspecified atom stereocenters. The largest absolute Gasteiger partial charge is 0.480 e. The molecular formula is C24H30N4O3. The Bertz CT molecular complexity index is 1040. The number of nitrogens with zero attached hydrogens (tertiary/aromatic N) is 2. The van der Waals surface area contributed by atoms with E-state index in [0.717, 1.165) is 24.1 Å². The van der Waals surface area contributed by atoms with Crippen LogP contribution in [0.2, 0.25) is 0 Å². The number of carbonyl (C=O) groups is 1. The molecule has 31 heavy (non-hydrogen) atoms. The standard InChI is InChI=1S/C12H14N4O2.C12H16O/c1-8-10(14-12(13)17)16(15-11(8)18-2)9-6-4-3-5-7-9;1-12(2)8-10(13)7-9-5-3-4-6-11(9)12/h3-7H,1-2H3,(H3,13,14,17);3-6,10,13H,7-8H2,1-2H3. The number of amides is 2. The number of fused-ring (bicyclic) bond motifs is 1. The minimum atomic E-state index is -0.641. The second-order valence-electron chi connectivity index (χ2n) is 8.32. The molecule has 4 N–H and O–H groups in total. The minimum absolute atomic E-state index is 0.133. The Hall–Kier alpha value is -3.32. The number of benzene rings is 2. The Morgan fingerprint density at radius 3 is 2.48 bits per heavy atom. The fourth-order valence-electron chi connectivity index (χ4n) is 4.07. The van der Waals surface area contributed by atoms with Crippen molar-refractivity contribution in [2.75, 3.05) is 12.4 Å². The number of rotatable bonds is 3. The number of aliphatic hydroxyl groups is 1. The molecule has 0 saturated carbocycles. The van der Waals surface area contributed by atoms with Gasteiger partial charge >= 0.3 is 6.03 Å². The van der Waals surface area contributed by atoms with Gasteiger partial charge in [0.2, 0.25) is 5.88 Å². The van der Waals surface area contributed by atoms with Crippen LogP contribution in [0.4, 0.5) is 10.6 Å². The first-order chi connectivity index (χ1) is 14.7. The Labute approximate surface area is 182 Å². The number of hydrogen-bond acceptors (Lipinski definition) is 4. The monoisotopic (exact) mass is 422 g/mol. The van der Waals surface area contributed by atoms with Gasteiger partial charge in [-0.25, -0.2) is 9.48 Å². The van der Waals surface area contributed by atoms with Crippen molar-refractivity contribution >= 4 is 11.8 Å². The van der Waals surface area contributed by atoms with Gasteiger partial charge < -0.3 is 15.6 Å². The number of aliphatic hydroxyl groups excluding tert-OH is 1. The third kappa shape index (κ3) is 5.06. The summed E-state index contributed by atoms with van der Waals surface area (Å²) in [6.45, 7) is 6.21. The number of nitrogens with one attached hydrogen (secondary N) is 1. The molecule has 1 aromatic heterocycles. The van der Waals surface area contributed by atoms with E-state index in [0.29, 0.717) is 11.7 Å². The molecule has 0 fully saturated rings.